The van der Waals surface area contributed by atoms with Crippen LogP contribution in [0.4, 0.5) is 34.1 Å². The summed E-state index contributed by atoms with van der Waals surface area (Å²) in [6.45, 7) is 0. The summed E-state index contributed by atoms with van der Waals surface area (Å²) in [4.78, 5) is 9.79. The van der Waals surface area contributed by atoms with Gasteiger partial charge in [0.25, 0.3) is 5.89 Å². The van der Waals surface area contributed by atoms with Crippen LogP contribution in [-0.4, -0.2) is 26.3 Å². The van der Waals surface area contributed by atoms with Crippen LogP contribution in [0.2, 0.25) is 0 Å². The molecular weight excluding hydrogens is 873 g/mol. The number of fused-ring (bicyclic) bond motifs is 4. The summed E-state index contributed by atoms with van der Waals surface area (Å²) in [5.74, 6) is 1.02. The van der Waals surface area contributed by atoms with Crippen LogP contribution in [0, 0.1) is 0 Å². The first-order valence-electron chi connectivity index (χ1n) is 23.5. The predicted octanol–water partition coefficient (Wildman–Crippen LogP) is 9.72. The van der Waals surface area contributed by atoms with E-state index in [4.69, 9.17) is 9.51 Å². The second-order valence-corrected chi connectivity index (χ2v) is 25.2. The standard InChI is InChI=1S/C62H44N4OSi2/c1-5-21-49(22-6-1)68(50-23-7-2-8-24-50)57-33-17-13-29-53(57)65(54-30-14-18-34-58(54)68)47-41-37-45(38-42-47)61-63-62(67-64-61)46-39-43-48(44-40-46)66-55-31-15-19-35-59(55)69(51-25-9-3-10-26-51,52-27-11-4-12-28-52)60-36-20-16-32-56(60)66/h1-44H/q-2. The van der Waals surface area contributed by atoms with Crippen molar-refractivity contribution in [2.75, 3.05) is 9.80 Å². The van der Waals surface area contributed by atoms with E-state index in [1.165, 1.54) is 64.2 Å². The van der Waals surface area contributed by atoms with Gasteiger partial charge in [-0.25, -0.2) is 0 Å². The van der Waals surface area contributed by atoms with E-state index in [1.54, 1.807) is 0 Å². The first kappa shape index (κ1) is 40.6. The highest BCUT2D eigenvalue weighted by Crippen LogP contribution is 2.41. The van der Waals surface area contributed by atoms with Gasteiger partial charge < -0.3 is 14.3 Å². The second-order valence-electron chi connectivity index (χ2n) is 17.7. The maximum absolute atomic E-state index is 6.00. The molecule has 328 valence electrons. The Morgan fingerprint density at radius 1 is 0.290 bits per heavy atom. The zero-order valence-electron chi connectivity index (χ0n) is 37.6. The van der Waals surface area contributed by atoms with Crippen LogP contribution in [-0.2, 0) is 0 Å². The van der Waals surface area contributed by atoms with Gasteiger partial charge in [0.15, 0.2) is 0 Å². The van der Waals surface area contributed by atoms with E-state index in [0.717, 1.165) is 22.5 Å². The summed E-state index contributed by atoms with van der Waals surface area (Å²) >= 11 is 0. The lowest BCUT2D eigenvalue weighted by Crippen LogP contribution is -2.77. The molecule has 0 N–H and O–H groups in total. The number of hydrogen-bond acceptors (Lipinski definition) is 5. The van der Waals surface area contributed by atoms with Crippen molar-refractivity contribution < 1.29 is 4.52 Å². The molecule has 0 amide bonds. The van der Waals surface area contributed by atoms with Crippen LogP contribution in [0.5, 0.6) is 0 Å². The van der Waals surface area contributed by atoms with Gasteiger partial charge in [0, 0.05) is 45.3 Å². The number of para-hydroxylation sites is 4. The first-order valence-corrected chi connectivity index (χ1v) is 27.5. The van der Waals surface area contributed by atoms with Crippen LogP contribution in [0.15, 0.2) is 271 Å². The zero-order chi connectivity index (χ0) is 45.8. The van der Waals surface area contributed by atoms with Crippen molar-refractivity contribution in [2.24, 2.45) is 0 Å². The van der Waals surface area contributed by atoms with Crippen LogP contribution in [0.1, 0.15) is 0 Å². The van der Waals surface area contributed by atoms with Gasteiger partial charge in [-0.15, -0.1) is 20.7 Å². The van der Waals surface area contributed by atoms with E-state index in [-0.39, 0.29) is 0 Å². The molecule has 2 aliphatic heterocycles. The maximum atomic E-state index is 6.00. The van der Waals surface area contributed by atoms with Crippen LogP contribution < -0.4 is 51.3 Å². The highest BCUT2D eigenvalue weighted by atomic mass is 28.3. The van der Waals surface area contributed by atoms with E-state index >= 15 is 0 Å². The minimum Gasteiger partial charge on any atom is -0.334 e. The Morgan fingerprint density at radius 2 is 0.580 bits per heavy atom. The fourth-order valence-electron chi connectivity index (χ4n) is 11.3. The predicted molar refractivity (Wildman–Crippen MR) is 289 cm³/mol. The Balaban J connectivity index is 0.837. The summed E-state index contributed by atoms with van der Waals surface area (Å²) in [7, 11) is -5.39. The van der Waals surface area contributed by atoms with Gasteiger partial charge in [-0.05, 0) is 88.9 Å². The van der Waals surface area contributed by atoms with Crippen molar-refractivity contribution >= 4 is 91.8 Å². The molecule has 11 aromatic rings. The van der Waals surface area contributed by atoms with E-state index in [1.807, 2.05) is 0 Å². The number of anilines is 6. The third kappa shape index (κ3) is 6.28. The van der Waals surface area contributed by atoms with Crippen molar-refractivity contribution in [3.8, 4) is 22.8 Å². The topological polar surface area (TPSA) is 45.4 Å². The van der Waals surface area contributed by atoms with Gasteiger partial charge >= 0.3 is 0 Å². The van der Waals surface area contributed by atoms with E-state index in [9.17, 15) is 0 Å². The Labute approximate surface area is 403 Å². The molecule has 7 heteroatoms. The molecule has 0 bridgehead atoms. The molecule has 10 aromatic carbocycles. The largest absolute Gasteiger partial charge is 0.334 e. The molecule has 0 saturated heterocycles. The summed E-state index contributed by atoms with van der Waals surface area (Å²) in [6, 6.07) is 97.4. The lowest BCUT2D eigenvalue weighted by atomic mass is 10.1. The monoisotopic (exact) mass is 916 g/mol. The van der Waals surface area contributed by atoms with Gasteiger partial charge in [0.2, 0.25) is 5.82 Å². The fraction of sp³-hybridized carbons (Fsp3) is 0. The molecule has 0 atom stereocenters. The Morgan fingerprint density at radius 3 is 0.913 bits per heavy atom. The lowest BCUT2D eigenvalue weighted by Gasteiger charge is -2.54. The Kier molecular flexibility index (Phi) is 9.78. The van der Waals surface area contributed by atoms with Crippen molar-refractivity contribution in [1.82, 2.24) is 10.1 Å². The summed E-state index contributed by atoms with van der Waals surface area (Å²) < 4.78 is 6.00. The molecule has 1 aromatic heterocycles. The van der Waals surface area contributed by atoms with Crippen molar-refractivity contribution in [3.63, 3.8) is 0 Å². The van der Waals surface area contributed by atoms with Crippen LogP contribution in [0.3, 0.4) is 0 Å². The molecule has 0 radical (unpaired) electrons. The average molecular weight is 917 g/mol. The van der Waals surface area contributed by atoms with Gasteiger partial charge in [0.1, 0.15) is 0 Å². The van der Waals surface area contributed by atoms with Crippen molar-refractivity contribution in [2.45, 2.75) is 0 Å². The third-order valence-electron chi connectivity index (χ3n) is 14.2. The zero-order valence-corrected chi connectivity index (χ0v) is 39.6. The number of benzene rings is 10. The molecule has 69 heavy (non-hydrogen) atoms. The molecule has 2 aliphatic rings. The molecule has 0 spiro atoms. The molecule has 5 nitrogen and oxygen atoms in total. The Hall–Kier alpha value is -8.63. The molecular formula is C62H44N4OSi2-2. The third-order valence-corrected chi connectivity index (χ3v) is 23.9. The van der Waals surface area contributed by atoms with E-state index < -0.39 is 16.1 Å². The molecule has 0 aliphatic carbocycles. The van der Waals surface area contributed by atoms with E-state index in [0.29, 0.717) is 11.7 Å². The maximum Gasteiger partial charge on any atom is 0.258 e. The van der Waals surface area contributed by atoms with Gasteiger partial charge in [-0.2, -0.15) is 25.7 Å². The highest BCUT2D eigenvalue weighted by molar-refractivity contribution is 7.22. The lowest BCUT2D eigenvalue weighted by molar-refractivity contribution is 0.432. The van der Waals surface area contributed by atoms with Gasteiger partial charge in [-0.1, -0.05) is 199 Å². The summed E-state index contributed by atoms with van der Waals surface area (Å²) in [5, 5.41) is 15.4. The highest BCUT2D eigenvalue weighted by Gasteiger charge is 2.39. The van der Waals surface area contributed by atoms with Gasteiger partial charge in [0.05, 0.1) is 0 Å². The molecule has 0 unspecified atom stereocenters. The minimum absolute atomic E-state index is 0.474. The molecule has 3 heterocycles. The van der Waals surface area contributed by atoms with Crippen molar-refractivity contribution in [1.29, 1.82) is 0 Å². The molecule has 13 rings (SSSR count). The number of rotatable bonds is 8. The number of aromatic nitrogens is 2. The van der Waals surface area contributed by atoms with Crippen LogP contribution in [0.25, 0.3) is 22.8 Å². The second kappa shape index (κ2) is 16.6. The van der Waals surface area contributed by atoms with Crippen LogP contribution >= 0.6 is 0 Å². The van der Waals surface area contributed by atoms with Gasteiger partial charge in [-0.3, -0.25) is 0 Å². The summed E-state index contributed by atoms with van der Waals surface area (Å²) in [6.07, 6.45) is 0. The molecule has 0 fully saturated rings. The number of hydrogen-bond donors (Lipinski definition) is 0. The van der Waals surface area contributed by atoms with Crippen molar-refractivity contribution in [3.05, 3.63) is 267 Å². The smallest absolute Gasteiger partial charge is 0.258 e. The normalized spacial score (nSPS) is 14.0. The summed E-state index contributed by atoms with van der Waals surface area (Å²) in [5.41, 5.74) is 8.64. The fourth-order valence-corrected chi connectivity index (χ4v) is 21.6. The SMILES string of the molecule is c1ccc([Si-]2(c3ccccc3)c3ccccc3N(c3ccc(-c4noc(-c5ccc(N6c7ccccc7[Si-](c7ccccc7)(c7ccccc7)c7ccccc76)cc5)n4)cc3)c3ccccc32)cc1. The Bertz CT molecular complexity index is 3210. The van der Waals surface area contributed by atoms with E-state index in [2.05, 4.69) is 282 Å². The first-order chi connectivity index (χ1) is 34.2. The number of nitrogens with zero attached hydrogens (tertiary/aromatic N) is 4. The quantitative estimate of drug-likeness (QED) is 0.142. The minimum atomic E-state index is -2.70. The molecule has 0 saturated carbocycles. The average Bonchev–Trinajstić information content (AvgIpc) is 3.94.